The number of guanidine groups is 1. The van der Waals surface area contributed by atoms with Gasteiger partial charge >= 0.3 is 0 Å². The van der Waals surface area contributed by atoms with Crippen LogP contribution in [0.3, 0.4) is 0 Å². The highest BCUT2D eigenvalue weighted by Crippen LogP contribution is 2.13. The van der Waals surface area contributed by atoms with Gasteiger partial charge in [-0.05, 0) is 39.7 Å². The maximum atomic E-state index is 11.7. The van der Waals surface area contributed by atoms with Gasteiger partial charge in [-0.15, -0.1) is 24.0 Å². The third-order valence-corrected chi connectivity index (χ3v) is 6.05. The highest BCUT2D eigenvalue weighted by atomic mass is 127. The minimum atomic E-state index is -3.12. The lowest BCUT2D eigenvalue weighted by Gasteiger charge is -2.24. The van der Waals surface area contributed by atoms with Crippen molar-refractivity contribution < 1.29 is 8.42 Å². The number of nitrogens with zero attached hydrogens (tertiary/aromatic N) is 1. The second-order valence-electron chi connectivity index (χ2n) is 6.63. The first-order valence-electron chi connectivity index (χ1n) is 7.76. The van der Waals surface area contributed by atoms with E-state index in [1.807, 2.05) is 0 Å². The Morgan fingerprint density at radius 3 is 2.12 bits per heavy atom. The molecule has 1 aromatic rings. The van der Waals surface area contributed by atoms with Crippen molar-refractivity contribution in [3.8, 4) is 0 Å². The van der Waals surface area contributed by atoms with Crippen molar-refractivity contribution in [3.05, 3.63) is 34.9 Å². The van der Waals surface area contributed by atoms with Crippen molar-refractivity contribution in [2.24, 2.45) is 4.99 Å². The van der Waals surface area contributed by atoms with Crippen molar-refractivity contribution in [2.45, 2.75) is 38.9 Å². The zero-order valence-electron chi connectivity index (χ0n) is 15.4. The molecule has 0 atom stereocenters. The molecule has 0 saturated carbocycles. The molecule has 0 unspecified atom stereocenters. The van der Waals surface area contributed by atoms with Gasteiger partial charge in [-0.2, -0.15) is 0 Å². The lowest BCUT2D eigenvalue weighted by atomic mass is 10.1. The summed E-state index contributed by atoms with van der Waals surface area (Å²) in [4.78, 5) is 4.14. The zero-order chi connectivity index (χ0) is 17.7. The number of hydrogen-bond acceptors (Lipinski definition) is 3. The van der Waals surface area contributed by atoms with Crippen LogP contribution in [0.15, 0.2) is 23.2 Å². The van der Waals surface area contributed by atoms with E-state index in [4.69, 9.17) is 0 Å². The second-order valence-corrected chi connectivity index (χ2v) is 9.28. The van der Waals surface area contributed by atoms with Crippen LogP contribution in [0.5, 0.6) is 0 Å². The van der Waals surface area contributed by atoms with Crippen molar-refractivity contribution in [1.82, 2.24) is 10.6 Å². The third kappa shape index (κ3) is 7.38. The summed E-state index contributed by atoms with van der Waals surface area (Å²) in [7, 11) is -1.44. The number of aliphatic imine (C=N–C) groups is 1. The molecule has 0 aliphatic rings. The topological polar surface area (TPSA) is 70.6 Å². The molecule has 2 N–H and O–H groups in total. The summed E-state index contributed by atoms with van der Waals surface area (Å²) in [6.07, 6.45) is 2.14. The Labute approximate surface area is 163 Å². The molecule has 0 bridgehead atoms. The first-order chi connectivity index (χ1) is 10.5. The quantitative estimate of drug-likeness (QED) is 0.383. The fourth-order valence-corrected chi connectivity index (χ4v) is 2.52. The van der Waals surface area contributed by atoms with E-state index < -0.39 is 14.6 Å². The van der Waals surface area contributed by atoms with E-state index in [0.717, 1.165) is 13.0 Å². The second kappa shape index (κ2) is 9.60. The van der Waals surface area contributed by atoms with E-state index in [2.05, 4.69) is 47.7 Å². The van der Waals surface area contributed by atoms with Crippen LogP contribution in [-0.4, -0.2) is 45.5 Å². The molecule has 0 amide bonds. The maximum Gasteiger partial charge on any atom is 0.191 e. The van der Waals surface area contributed by atoms with Gasteiger partial charge in [0.1, 0.15) is 0 Å². The van der Waals surface area contributed by atoms with Crippen LogP contribution >= 0.6 is 24.0 Å². The Bertz CT molecular complexity index is 650. The summed E-state index contributed by atoms with van der Waals surface area (Å²) in [5.74, 6) is 0.617. The van der Waals surface area contributed by atoms with Gasteiger partial charge in [0, 0.05) is 26.4 Å². The standard InChI is InChI=1S/C17H29N3O2S.HI/c1-13-9-14(2)11-15(10-13)7-8-19-16(18-5)20-12-17(3,4)23(6,21)22;/h9-11H,7-8,12H2,1-6H3,(H2,18,19,20);1H. The molecule has 7 heteroatoms. The molecule has 0 fully saturated rings. The average Bonchev–Trinajstić information content (AvgIpc) is 2.40. The summed E-state index contributed by atoms with van der Waals surface area (Å²) >= 11 is 0. The third-order valence-electron chi connectivity index (χ3n) is 3.90. The van der Waals surface area contributed by atoms with Gasteiger partial charge in [0.05, 0.1) is 4.75 Å². The van der Waals surface area contributed by atoms with Crippen LogP contribution in [0.25, 0.3) is 0 Å². The molecule has 0 saturated heterocycles. The molecular weight excluding hydrogens is 437 g/mol. The van der Waals surface area contributed by atoms with E-state index in [1.54, 1.807) is 20.9 Å². The van der Waals surface area contributed by atoms with Crippen LogP contribution in [-0.2, 0) is 16.3 Å². The Hall–Kier alpha value is -0.830. The Kier molecular flexibility index (Phi) is 9.27. The summed E-state index contributed by atoms with van der Waals surface area (Å²) in [5.41, 5.74) is 3.80. The van der Waals surface area contributed by atoms with E-state index >= 15 is 0 Å². The molecule has 0 spiro atoms. The molecule has 5 nitrogen and oxygen atoms in total. The van der Waals surface area contributed by atoms with Crippen molar-refractivity contribution in [2.75, 3.05) is 26.4 Å². The number of benzene rings is 1. The Morgan fingerprint density at radius 1 is 1.12 bits per heavy atom. The van der Waals surface area contributed by atoms with Gasteiger partial charge in [0.15, 0.2) is 15.8 Å². The first-order valence-corrected chi connectivity index (χ1v) is 9.65. The minimum Gasteiger partial charge on any atom is -0.356 e. The van der Waals surface area contributed by atoms with E-state index in [0.29, 0.717) is 12.5 Å². The number of aryl methyl sites for hydroxylation is 2. The van der Waals surface area contributed by atoms with Crippen LogP contribution in [0, 0.1) is 13.8 Å². The molecule has 0 aromatic heterocycles. The Balaban J connectivity index is 0.00000529. The number of sulfone groups is 1. The van der Waals surface area contributed by atoms with E-state index in [1.165, 1.54) is 22.9 Å². The molecule has 0 radical (unpaired) electrons. The molecule has 138 valence electrons. The molecule has 24 heavy (non-hydrogen) atoms. The summed E-state index contributed by atoms with van der Waals surface area (Å²) in [6, 6.07) is 6.51. The normalized spacial score (nSPS) is 12.5. The maximum absolute atomic E-state index is 11.7. The van der Waals surface area contributed by atoms with Gasteiger partial charge < -0.3 is 10.6 Å². The molecule has 0 aliphatic carbocycles. The molecule has 1 aromatic carbocycles. The number of halogens is 1. The smallest absolute Gasteiger partial charge is 0.191 e. The summed E-state index contributed by atoms with van der Waals surface area (Å²) in [6.45, 7) is 8.66. The zero-order valence-corrected chi connectivity index (χ0v) is 18.6. The van der Waals surface area contributed by atoms with Crippen molar-refractivity contribution in [1.29, 1.82) is 0 Å². The lowest BCUT2D eigenvalue weighted by Crippen LogP contribution is -2.48. The summed E-state index contributed by atoms with van der Waals surface area (Å²) < 4.78 is 22.6. The van der Waals surface area contributed by atoms with Crippen LogP contribution < -0.4 is 10.6 Å². The van der Waals surface area contributed by atoms with Gasteiger partial charge in [-0.25, -0.2) is 8.42 Å². The van der Waals surface area contributed by atoms with Crippen LogP contribution in [0.1, 0.15) is 30.5 Å². The predicted molar refractivity (Wildman–Crippen MR) is 113 cm³/mol. The summed E-state index contributed by atoms with van der Waals surface area (Å²) in [5, 5.41) is 6.31. The van der Waals surface area contributed by atoms with Crippen LogP contribution in [0.2, 0.25) is 0 Å². The predicted octanol–water partition coefficient (Wildman–Crippen LogP) is 2.45. The van der Waals surface area contributed by atoms with Gasteiger partial charge in [-0.3, -0.25) is 4.99 Å². The van der Waals surface area contributed by atoms with Gasteiger partial charge in [0.2, 0.25) is 0 Å². The Morgan fingerprint density at radius 2 is 1.67 bits per heavy atom. The average molecular weight is 467 g/mol. The number of nitrogens with one attached hydrogen (secondary N) is 2. The van der Waals surface area contributed by atoms with Crippen molar-refractivity contribution in [3.63, 3.8) is 0 Å². The lowest BCUT2D eigenvalue weighted by molar-refractivity contribution is 0.544. The van der Waals surface area contributed by atoms with Gasteiger partial charge in [-0.1, -0.05) is 29.3 Å². The number of rotatable bonds is 6. The SMILES string of the molecule is CN=C(NCCc1cc(C)cc(C)c1)NCC(C)(C)S(C)(=O)=O.I. The molecule has 1 rings (SSSR count). The largest absolute Gasteiger partial charge is 0.356 e. The van der Waals surface area contributed by atoms with Crippen LogP contribution in [0.4, 0.5) is 0 Å². The fraction of sp³-hybridized carbons (Fsp3) is 0.588. The minimum absolute atomic E-state index is 0. The monoisotopic (exact) mass is 467 g/mol. The van der Waals surface area contributed by atoms with Crippen molar-refractivity contribution >= 4 is 39.8 Å². The van der Waals surface area contributed by atoms with E-state index in [-0.39, 0.29) is 24.0 Å². The highest BCUT2D eigenvalue weighted by Gasteiger charge is 2.30. The molecule has 0 aliphatic heterocycles. The van der Waals surface area contributed by atoms with E-state index in [9.17, 15) is 8.42 Å². The first kappa shape index (κ1) is 23.2. The fourth-order valence-electron chi connectivity index (χ4n) is 2.19. The molecule has 0 heterocycles. The number of hydrogen-bond donors (Lipinski definition) is 2. The highest BCUT2D eigenvalue weighted by molar-refractivity contribution is 14.0. The van der Waals surface area contributed by atoms with Gasteiger partial charge in [0.25, 0.3) is 0 Å². The molecular formula is C17H30IN3O2S.